The van der Waals surface area contributed by atoms with Gasteiger partial charge in [0.25, 0.3) is 0 Å². The third-order valence-corrected chi connectivity index (χ3v) is 10.4. The number of fused-ring (bicyclic) bond motifs is 3. The number of benzene rings is 3. The number of aliphatic hydroxyl groups excluding tert-OH is 1. The molecule has 0 fully saturated rings. The molecular weight excluding hydrogens is 548 g/mol. The van der Waals surface area contributed by atoms with E-state index in [9.17, 15) is 10.4 Å². The van der Waals surface area contributed by atoms with Gasteiger partial charge in [-0.1, -0.05) is 125 Å². The number of hydrogen-bond donors (Lipinski definition) is 1. The molecule has 1 aliphatic rings. The van der Waals surface area contributed by atoms with Crippen LogP contribution in [0.25, 0.3) is 27.4 Å². The Bertz CT molecular complexity index is 1740. The van der Waals surface area contributed by atoms with Crippen molar-refractivity contribution in [3.05, 3.63) is 89.5 Å². The Hall–Kier alpha value is -3.35. The molecule has 0 spiro atoms. The van der Waals surface area contributed by atoms with E-state index in [2.05, 4.69) is 148 Å². The molecule has 3 aromatic carbocycles. The average molecular weight is 603 g/mol. The first kappa shape index (κ1) is 33.0. The maximum absolute atomic E-state index is 12.6. The van der Waals surface area contributed by atoms with Crippen molar-refractivity contribution in [2.75, 3.05) is 0 Å². The minimum atomic E-state index is -0.824. The summed E-state index contributed by atoms with van der Waals surface area (Å²) in [5.74, 6) is 0. The summed E-state index contributed by atoms with van der Waals surface area (Å²) in [7, 11) is 0. The van der Waals surface area contributed by atoms with E-state index < -0.39 is 17.1 Å². The van der Waals surface area contributed by atoms with Crippen molar-refractivity contribution >= 4 is 27.4 Å². The molecule has 5 rings (SSSR count). The Kier molecular flexibility index (Phi) is 7.78. The summed E-state index contributed by atoms with van der Waals surface area (Å²) < 4.78 is 2.39. The van der Waals surface area contributed by atoms with Crippen LogP contribution in [0.3, 0.4) is 0 Å². The third kappa shape index (κ3) is 5.65. The SMILES string of the molecule is CC(C)(C)CC(C)(C)C1(C#N)C=C(c2ccccc2)C(O)C(C)(n2c3ccc(C(C)(C)C)cc3c3cc(C(C)(C)C)ccc32)C1. The predicted molar refractivity (Wildman–Crippen MR) is 191 cm³/mol. The maximum Gasteiger partial charge on any atom is 0.103 e. The van der Waals surface area contributed by atoms with Gasteiger partial charge in [0.2, 0.25) is 0 Å². The second kappa shape index (κ2) is 10.6. The van der Waals surface area contributed by atoms with E-state index >= 15 is 0 Å². The molecule has 1 aromatic heterocycles. The highest BCUT2D eigenvalue weighted by Gasteiger charge is 2.56. The van der Waals surface area contributed by atoms with Crippen molar-refractivity contribution in [3.63, 3.8) is 0 Å². The molecule has 3 atom stereocenters. The topological polar surface area (TPSA) is 48.9 Å². The van der Waals surface area contributed by atoms with Crippen LogP contribution in [0, 0.1) is 27.6 Å². The Morgan fingerprint density at radius 3 is 1.69 bits per heavy atom. The molecule has 1 heterocycles. The van der Waals surface area contributed by atoms with E-state index in [1.807, 2.05) is 18.2 Å². The van der Waals surface area contributed by atoms with Crippen molar-refractivity contribution in [2.24, 2.45) is 16.2 Å². The molecule has 0 amide bonds. The molecule has 0 saturated heterocycles. The van der Waals surface area contributed by atoms with Gasteiger partial charge in [0.1, 0.15) is 6.10 Å². The number of hydrogen-bond acceptors (Lipinski definition) is 2. The molecule has 0 bridgehead atoms. The van der Waals surface area contributed by atoms with Crippen LogP contribution in [0.2, 0.25) is 0 Å². The summed E-state index contributed by atoms with van der Waals surface area (Å²) in [5, 5.41) is 26.3. The number of allylic oxidation sites excluding steroid dienone is 1. The largest absolute Gasteiger partial charge is 0.386 e. The third-order valence-electron chi connectivity index (χ3n) is 10.4. The van der Waals surface area contributed by atoms with E-state index in [1.165, 1.54) is 21.9 Å². The molecule has 3 nitrogen and oxygen atoms in total. The molecule has 1 aliphatic carbocycles. The Balaban J connectivity index is 1.89. The molecule has 45 heavy (non-hydrogen) atoms. The molecule has 0 radical (unpaired) electrons. The summed E-state index contributed by atoms with van der Waals surface area (Å²) in [5.41, 5.74) is 4.59. The van der Waals surface area contributed by atoms with Crippen molar-refractivity contribution in [1.29, 1.82) is 5.26 Å². The lowest BCUT2D eigenvalue weighted by Crippen LogP contribution is -2.53. The maximum atomic E-state index is 12.6. The standard InChI is InChI=1S/C42H54N2O/c1-37(2,3)25-40(10,11)42(27-43)24-33(28-16-14-13-15-17-28)36(45)41(12,26-42)44-34-20-18-29(38(4,5)6)22-31(34)32-23-30(39(7,8)9)19-21-35(32)44/h13-24,36,45H,25-26H2,1-12H3. The average Bonchev–Trinajstić information content (AvgIpc) is 3.26. The number of nitrogens with zero attached hydrogens (tertiary/aromatic N) is 2. The zero-order valence-corrected chi connectivity index (χ0v) is 29.8. The Morgan fingerprint density at radius 2 is 1.27 bits per heavy atom. The molecule has 3 unspecified atom stereocenters. The molecule has 0 saturated carbocycles. The fraction of sp³-hybridized carbons (Fsp3) is 0.500. The van der Waals surface area contributed by atoms with Crippen LogP contribution in [0.5, 0.6) is 0 Å². The van der Waals surface area contributed by atoms with Crippen LogP contribution in [-0.2, 0) is 16.4 Å². The molecule has 238 valence electrons. The predicted octanol–water partition coefficient (Wildman–Crippen LogP) is 10.9. The van der Waals surface area contributed by atoms with Crippen LogP contribution < -0.4 is 0 Å². The van der Waals surface area contributed by atoms with Crippen molar-refractivity contribution in [3.8, 4) is 6.07 Å². The van der Waals surface area contributed by atoms with Crippen molar-refractivity contribution in [1.82, 2.24) is 4.57 Å². The second-order valence-corrected chi connectivity index (χ2v) is 17.9. The Morgan fingerprint density at radius 1 is 0.778 bits per heavy atom. The van der Waals surface area contributed by atoms with Gasteiger partial charge >= 0.3 is 0 Å². The van der Waals surface area contributed by atoms with Crippen molar-refractivity contribution in [2.45, 2.75) is 118 Å². The summed E-state index contributed by atoms with van der Waals surface area (Å²) in [6, 6.07) is 26.8. The van der Waals surface area contributed by atoms with Gasteiger partial charge in [-0.3, -0.25) is 0 Å². The minimum absolute atomic E-state index is 0.00529. The van der Waals surface area contributed by atoms with Crippen LogP contribution in [0.4, 0.5) is 0 Å². The van der Waals surface area contributed by atoms with E-state index in [4.69, 9.17) is 0 Å². The first-order valence-corrected chi connectivity index (χ1v) is 16.6. The smallest absolute Gasteiger partial charge is 0.103 e. The first-order chi connectivity index (χ1) is 20.6. The normalized spacial score (nSPS) is 23.3. The van der Waals surface area contributed by atoms with Gasteiger partial charge in [0.15, 0.2) is 0 Å². The number of aliphatic hydroxyl groups is 1. The van der Waals surface area contributed by atoms with Crippen LogP contribution in [0.15, 0.2) is 72.8 Å². The minimum Gasteiger partial charge on any atom is -0.386 e. The van der Waals surface area contributed by atoms with Gasteiger partial charge in [-0.05, 0) is 88.0 Å². The zero-order valence-electron chi connectivity index (χ0n) is 29.8. The molecular formula is C42H54N2O. The lowest BCUT2D eigenvalue weighted by molar-refractivity contribution is 0.0110. The molecule has 4 aromatic rings. The highest BCUT2D eigenvalue weighted by Crippen LogP contribution is 2.58. The van der Waals surface area contributed by atoms with E-state index in [-0.39, 0.29) is 21.7 Å². The fourth-order valence-electron chi connectivity index (χ4n) is 8.11. The summed E-state index contributed by atoms with van der Waals surface area (Å²) in [6.45, 7) is 27.0. The molecule has 1 N–H and O–H groups in total. The van der Waals surface area contributed by atoms with Crippen molar-refractivity contribution < 1.29 is 5.11 Å². The zero-order chi connectivity index (χ0) is 33.4. The Labute approximate surface area is 272 Å². The van der Waals surface area contributed by atoms with Crippen LogP contribution in [-0.4, -0.2) is 15.8 Å². The highest BCUT2D eigenvalue weighted by molar-refractivity contribution is 6.09. The van der Waals surface area contributed by atoms with Crippen LogP contribution in [0.1, 0.15) is 113 Å². The van der Waals surface area contributed by atoms with E-state index in [0.717, 1.165) is 28.6 Å². The fourth-order valence-corrected chi connectivity index (χ4v) is 8.11. The number of aromatic nitrogens is 1. The monoisotopic (exact) mass is 602 g/mol. The van der Waals surface area contributed by atoms with Crippen LogP contribution >= 0.6 is 0 Å². The van der Waals surface area contributed by atoms with Gasteiger partial charge in [0, 0.05) is 21.8 Å². The van der Waals surface area contributed by atoms with Gasteiger partial charge < -0.3 is 9.67 Å². The van der Waals surface area contributed by atoms with Gasteiger partial charge in [-0.2, -0.15) is 5.26 Å². The number of nitriles is 1. The lowest BCUT2D eigenvalue weighted by atomic mass is 9.53. The number of rotatable bonds is 4. The summed E-state index contributed by atoms with van der Waals surface area (Å²) >= 11 is 0. The van der Waals surface area contributed by atoms with E-state index in [0.29, 0.717) is 6.42 Å². The summed E-state index contributed by atoms with van der Waals surface area (Å²) in [6.07, 6.45) is 2.67. The lowest BCUT2D eigenvalue weighted by Gasteiger charge is -2.53. The summed E-state index contributed by atoms with van der Waals surface area (Å²) in [4.78, 5) is 0. The highest BCUT2D eigenvalue weighted by atomic mass is 16.3. The first-order valence-electron chi connectivity index (χ1n) is 16.6. The van der Waals surface area contributed by atoms with Gasteiger partial charge in [-0.25, -0.2) is 0 Å². The molecule has 0 aliphatic heterocycles. The van der Waals surface area contributed by atoms with Gasteiger partial charge in [-0.15, -0.1) is 0 Å². The molecule has 3 heteroatoms. The van der Waals surface area contributed by atoms with Gasteiger partial charge in [0.05, 0.1) is 17.0 Å². The van der Waals surface area contributed by atoms with E-state index in [1.54, 1.807) is 0 Å². The quantitative estimate of drug-likeness (QED) is 0.253. The second-order valence-electron chi connectivity index (χ2n) is 17.9.